The van der Waals surface area contributed by atoms with E-state index in [0.717, 1.165) is 50.3 Å². The minimum atomic E-state index is -2.91. The number of fused-ring (bicyclic) bond motifs is 1. The zero-order valence-corrected chi connectivity index (χ0v) is 18.6. The SMILES string of the molecule is Cc1cc(N2CCOc3cnc(O[C@H]4CCN(C5CCCCO5)C4)cc32)cnc1OC(F)F. The van der Waals surface area contributed by atoms with Crippen molar-refractivity contribution in [3.8, 4) is 17.5 Å². The maximum atomic E-state index is 12.6. The van der Waals surface area contributed by atoms with Gasteiger partial charge in [-0.05, 0) is 38.7 Å². The van der Waals surface area contributed by atoms with E-state index in [1.54, 1.807) is 19.2 Å². The van der Waals surface area contributed by atoms with Gasteiger partial charge in [0.1, 0.15) is 18.9 Å². The van der Waals surface area contributed by atoms with Crippen LogP contribution in [0.4, 0.5) is 20.2 Å². The Morgan fingerprint density at radius 1 is 1.09 bits per heavy atom. The standard InChI is InChI=1S/C23H28F2N4O4/c1-15-10-16(12-27-22(15)33-23(24)25)29-7-9-30-19-13-26-20(11-18(19)29)32-17-5-6-28(14-17)21-4-2-3-8-31-21/h10-13,17,21,23H,2-9,14H2,1H3/t17-,21?/m0/s1. The number of halogens is 2. The molecule has 2 atom stereocenters. The number of likely N-dealkylation sites (tertiary alicyclic amines) is 1. The topological polar surface area (TPSA) is 69.2 Å². The Morgan fingerprint density at radius 2 is 2.00 bits per heavy atom. The number of hydrogen-bond acceptors (Lipinski definition) is 8. The van der Waals surface area contributed by atoms with Gasteiger partial charge in [-0.3, -0.25) is 4.90 Å². The normalized spacial score (nSPS) is 23.3. The first kappa shape index (κ1) is 22.1. The lowest BCUT2D eigenvalue weighted by Crippen LogP contribution is -2.38. The molecule has 5 rings (SSSR count). The molecule has 0 aromatic carbocycles. The lowest BCUT2D eigenvalue weighted by Gasteiger charge is -2.32. The van der Waals surface area contributed by atoms with E-state index in [9.17, 15) is 8.78 Å². The summed E-state index contributed by atoms with van der Waals surface area (Å²) >= 11 is 0. The fourth-order valence-corrected chi connectivity index (χ4v) is 4.63. The average Bonchev–Trinajstić information content (AvgIpc) is 3.29. The Kier molecular flexibility index (Phi) is 6.45. The summed E-state index contributed by atoms with van der Waals surface area (Å²) in [4.78, 5) is 12.9. The Morgan fingerprint density at radius 3 is 2.79 bits per heavy atom. The molecule has 0 amide bonds. The van der Waals surface area contributed by atoms with Crippen LogP contribution in [0.5, 0.6) is 17.5 Å². The second-order valence-corrected chi connectivity index (χ2v) is 8.53. The number of aryl methyl sites for hydroxylation is 1. The van der Waals surface area contributed by atoms with Crippen molar-refractivity contribution >= 4 is 11.4 Å². The van der Waals surface area contributed by atoms with Gasteiger partial charge >= 0.3 is 6.61 Å². The predicted octanol–water partition coefficient (Wildman–Crippen LogP) is 3.90. The number of anilines is 2. The zero-order valence-electron chi connectivity index (χ0n) is 18.6. The van der Waals surface area contributed by atoms with Gasteiger partial charge in [-0.2, -0.15) is 8.78 Å². The molecule has 178 valence electrons. The number of nitrogens with zero attached hydrogens (tertiary/aromatic N) is 4. The van der Waals surface area contributed by atoms with Gasteiger partial charge in [-0.15, -0.1) is 0 Å². The summed E-state index contributed by atoms with van der Waals surface area (Å²) in [6.45, 7) is 2.45. The minimum Gasteiger partial charge on any atom is -0.488 e. The Bertz CT molecular complexity index is 973. The maximum absolute atomic E-state index is 12.6. The smallest absolute Gasteiger partial charge is 0.388 e. The molecule has 0 radical (unpaired) electrons. The average molecular weight is 462 g/mol. The number of alkyl halides is 2. The van der Waals surface area contributed by atoms with Crippen LogP contribution in [0.1, 0.15) is 31.2 Å². The summed E-state index contributed by atoms with van der Waals surface area (Å²) in [6.07, 6.45) is 7.78. The van der Waals surface area contributed by atoms with Crippen LogP contribution in [0.25, 0.3) is 0 Å². The van der Waals surface area contributed by atoms with Crippen LogP contribution in [0.2, 0.25) is 0 Å². The highest BCUT2D eigenvalue weighted by Crippen LogP contribution is 2.39. The van der Waals surface area contributed by atoms with Crippen molar-refractivity contribution in [1.29, 1.82) is 0 Å². The molecule has 33 heavy (non-hydrogen) atoms. The van der Waals surface area contributed by atoms with E-state index < -0.39 is 6.61 Å². The molecule has 2 aromatic rings. The van der Waals surface area contributed by atoms with Crippen molar-refractivity contribution < 1.29 is 27.7 Å². The number of ether oxygens (including phenoxy) is 4. The highest BCUT2D eigenvalue weighted by Gasteiger charge is 2.31. The third-order valence-electron chi connectivity index (χ3n) is 6.24. The van der Waals surface area contributed by atoms with E-state index >= 15 is 0 Å². The molecule has 5 heterocycles. The van der Waals surface area contributed by atoms with E-state index in [2.05, 4.69) is 19.6 Å². The quantitative estimate of drug-likeness (QED) is 0.641. The first-order chi connectivity index (χ1) is 16.1. The van der Waals surface area contributed by atoms with Crippen molar-refractivity contribution in [2.24, 2.45) is 0 Å². The highest BCUT2D eigenvalue weighted by atomic mass is 19.3. The summed E-state index contributed by atoms with van der Waals surface area (Å²) in [5.74, 6) is 1.10. The summed E-state index contributed by atoms with van der Waals surface area (Å²) in [5.41, 5.74) is 2.10. The van der Waals surface area contributed by atoms with Crippen LogP contribution in [-0.2, 0) is 4.74 Å². The fraction of sp³-hybridized carbons (Fsp3) is 0.565. The molecule has 10 heteroatoms. The van der Waals surface area contributed by atoms with E-state index in [1.807, 2.05) is 11.0 Å². The number of aromatic nitrogens is 2. The second-order valence-electron chi connectivity index (χ2n) is 8.53. The van der Waals surface area contributed by atoms with Crippen molar-refractivity contribution in [3.05, 3.63) is 30.1 Å². The van der Waals surface area contributed by atoms with Gasteiger partial charge in [0.15, 0.2) is 5.75 Å². The number of rotatable bonds is 6. The molecule has 1 unspecified atom stereocenters. The van der Waals surface area contributed by atoms with E-state index in [1.165, 1.54) is 12.6 Å². The van der Waals surface area contributed by atoms with Crippen LogP contribution < -0.4 is 19.1 Å². The molecule has 8 nitrogen and oxygen atoms in total. The molecule has 3 aliphatic heterocycles. The Balaban J connectivity index is 1.30. The zero-order chi connectivity index (χ0) is 22.8. The lowest BCUT2D eigenvalue weighted by molar-refractivity contribution is -0.0790. The second kappa shape index (κ2) is 9.64. The van der Waals surface area contributed by atoms with Gasteiger partial charge in [0.05, 0.1) is 30.3 Å². The first-order valence-electron chi connectivity index (χ1n) is 11.4. The largest absolute Gasteiger partial charge is 0.488 e. The molecule has 2 fully saturated rings. The predicted molar refractivity (Wildman–Crippen MR) is 117 cm³/mol. The van der Waals surface area contributed by atoms with Crippen molar-refractivity contribution in [3.63, 3.8) is 0 Å². The summed E-state index contributed by atoms with van der Waals surface area (Å²) in [7, 11) is 0. The van der Waals surface area contributed by atoms with Crippen molar-refractivity contribution in [2.75, 3.05) is 37.7 Å². The number of pyridine rings is 2. The molecule has 0 bridgehead atoms. The molecule has 3 aliphatic rings. The van der Waals surface area contributed by atoms with Gasteiger partial charge in [-0.1, -0.05) is 0 Å². The highest BCUT2D eigenvalue weighted by molar-refractivity contribution is 5.71. The third kappa shape index (κ3) is 4.96. The Labute approximate surface area is 191 Å². The van der Waals surface area contributed by atoms with Gasteiger partial charge in [0.2, 0.25) is 11.8 Å². The van der Waals surface area contributed by atoms with Crippen LogP contribution in [0.3, 0.4) is 0 Å². The molecule has 2 aromatic heterocycles. The lowest BCUT2D eigenvalue weighted by atomic mass is 10.2. The molecule has 2 saturated heterocycles. The third-order valence-corrected chi connectivity index (χ3v) is 6.24. The van der Waals surface area contributed by atoms with E-state index in [0.29, 0.717) is 30.3 Å². The van der Waals surface area contributed by atoms with Gasteiger partial charge in [0, 0.05) is 31.3 Å². The molecule has 0 saturated carbocycles. The van der Waals surface area contributed by atoms with E-state index in [-0.39, 0.29) is 18.2 Å². The molecular formula is C23H28F2N4O4. The van der Waals surface area contributed by atoms with Crippen molar-refractivity contribution in [2.45, 2.75) is 51.6 Å². The fourth-order valence-electron chi connectivity index (χ4n) is 4.63. The summed E-state index contributed by atoms with van der Waals surface area (Å²) in [5, 5.41) is 0. The summed E-state index contributed by atoms with van der Waals surface area (Å²) in [6, 6.07) is 3.65. The van der Waals surface area contributed by atoms with Crippen LogP contribution in [0.15, 0.2) is 24.5 Å². The first-order valence-corrected chi connectivity index (χ1v) is 11.4. The summed E-state index contributed by atoms with van der Waals surface area (Å²) < 4.78 is 47.5. The molecule has 0 spiro atoms. The Hall–Kier alpha value is -2.72. The van der Waals surface area contributed by atoms with Crippen LogP contribution in [0, 0.1) is 6.92 Å². The van der Waals surface area contributed by atoms with Crippen molar-refractivity contribution in [1.82, 2.24) is 14.9 Å². The molecule has 0 N–H and O–H groups in total. The molecule has 0 aliphatic carbocycles. The van der Waals surface area contributed by atoms with Gasteiger partial charge < -0.3 is 23.8 Å². The monoisotopic (exact) mass is 462 g/mol. The van der Waals surface area contributed by atoms with E-state index in [4.69, 9.17) is 14.2 Å². The number of hydrogen-bond donors (Lipinski definition) is 0. The van der Waals surface area contributed by atoms with Gasteiger partial charge in [0.25, 0.3) is 0 Å². The maximum Gasteiger partial charge on any atom is 0.388 e. The van der Waals surface area contributed by atoms with Gasteiger partial charge in [-0.25, -0.2) is 9.97 Å². The molecular weight excluding hydrogens is 434 g/mol. The minimum absolute atomic E-state index is 0.0497. The van der Waals surface area contributed by atoms with Crippen LogP contribution >= 0.6 is 0 Å². The van der Waals surface area contributed by atoms with Crippen LogP contribution in [-0.4, -0.2) is 66.7 Å².